The van der Waals surface area contributed by atoms with Gasteiger partial charge in [0.25, 0.3) is 0 Å². The maximum absolute atomic E-state index is 12.4. The second-order valence-electron chi connectivity index (χ2n) is 6.26. The Morgan fingerprint density at radius 2 is 2.14 bits per heavy atom. The molecule has 0 spiro atoms. The highest BCUT2D eigenvalue weighted by Crippen LogP contribution is 2.28. The lowest BCUT2D eigenvalue weighted by Crippen LogP contribution is -2.56. The van der Waals surface area contributed by atoms with Gasteiger partial charge in [0, 0.05) is 25.3 Å². The van der Waals surface area contributed by atoms with Crippen LogP contribution >= 0.6 is 0 Å². The summed E-state index contributed by atoms with van der Waals surface area (Å²) in [5.41, 5.74) is 1.33. The SMILES string of the molecule is C[C@@]1(O)CCN(C(=O)CN2CCc3ccccc32)C[C@@H]1O. The van der Waals surface area contributed by atoms with Crippen LogP contribution in [0.1, 0.15) is 18.9 Å². The van der Waals surface area contributed by atoms with Crippen molar-refractivity contribution in [3.05, 3.63) is 29.8 Å². The van der Waals surface area contributed by atoms with Gasteiger partial charge in [0.15, 0.2) is 0 Å². The molecule has 0 unspecified atom stereocenters. The number of fused-ring (bicyclic) bond motifs is 1. The minimum atomic E-state index is -1.09. The third-order valence-corrected chi connectivity index (χ3v) is 4.66. The molecule has 2 heterocycles. The van der Waals surface area contributed by atoms with Gasteiger partial charge in [0.2, 0.25) is 5.91 Å². The lowest BCUT2D eigenvalue weighted by atomic mass is 9.91. The summed E-state index contributed by atoms with van der Waals surface area (Å²) in [6.45, 7) is 3.53. The van der Waals surface area contributed by atoms with Crippen molar-refractivity contribution in [2.24, 2.45) is 0 Å². The van der Waals surface area contributed by atoms with Gasteiger partial charge in [-0.25, -0.2) is 0 Å². The number of aliphatic hydroxyl groups is 2. The van der Waals surface area contributed by atoms with E-state index in [1.165, 1.54) is 5.56 Å². The average Bonchev–Trinajstić information content (AvgIpc) is 2.85. The van der Waals surface area contributed by atoms with Gasteiger partial charge >= 0.3 is 0 Å². The Morgan fingerprint density at radius 3 is 2.90 bits per heavy atom. The molecule has 114 valence electrons. The number of nitrogens with zero attached hydrogens (tertiary/aromatic N) is 2. The van der Waals surface area contributed by atoms with E-state index in [4.69, 9.17) is 0 Å². The van der Waals surface area contributed by atoms with Crippen LogP contribution in [0.3, 0.4) is 0 Å². The van der Waals surface area contributed by atoms with Gasteiger partial charge < -0.3 is 20.0 Å². The van der Waals surface area contributed by atoms with E-state index in [1.807, 2.05) is 18.2 Å². The molecular formula is C16H22N2O3. The van der Waals surface area contributed by atoms with E-state index >= 15 is 0 Å². The predicted molar refractivity (Wildman–Crippen MR) is 80.2 cm³/mol. The zero-order valence-electron chi connectivity index (χ0n) is 12.3. The molecule has 2 aliphatic rings. The number of hydrogen-bond donors (Lipinski definition) is 2. The lowest BCUT2D eigenvalue weighted by Gasteiger charge is -2.40. The molecule has 5 heteroatoms. The van der Waals surface area contributed by atoms with Crippen LogP contribution in [-0.2, 0) is 11.2 Å². The molecular weight excluding hydrogens is 268 g/mol. The molecule has 1 fully saturated rings. The molecule has 0 aliphatic carbocycles. The third-order valence-electron chi connectivity index (χ3n) is 4.66. The Morgan fingerprint density at radius 1 is 1.38 bits per heavy atom. The standard InChI is InChI=1S/C16H22N2O3/c1-16(21)7-9-18(10-14(16)19)15(20)11-17-8-6-12-4-2-3-5-13(12)17/h2-5,14,19,21H,6-11H2,1H3/t14-,16+/m0/s1. The van der Waals surface area contributed by atoms with Crippen molar-refractivity contribution in [3.8, 4) is 0 Å². The van der Waals surface area contributed by atoms with E-state index in [0.717, 1.165) is 18.7 Å². The van der Waals surface area contributed by atoms with E-state index in [-0.39, 0.29) is 12.5 Å². The first-order valence-electron chi connectivity index (χ1n) is 7.48. The number of carbonyl (C=O) groups excluding carboxylic acids is 1. The zero-order valence-corrected chi connectivity index (χ0v) is 12.3. The van der Waals surface area contributed by atoms with Gasteiger partial charge in [-0.3, -0.25) is 4.79 Å². The normalized spacial score (nSPS) is 28.6. The van der Waals surface area contributed by atoms with Crippen LogP contribution in [-0.4, -0.2) is 58.9 Å². The maximum atomic E-state index is 12.4. The summed E-state index contributed by atoms with van der Waals surface area (Å²) >= 11 is 0. The van der Waals surface area contributed by atoms with Crippen molar-refractivity contribution < 1.29 is 15.0 Å². The van der Waals surface area contributed by atoms with Crippen molar-refractivity contribution in [1.29, 1.82) is 0 Å². The van der Waals surface area contributed by atoms with E-state index in [1.54, 1.807) is 11.8 Å². The van der Waals surface area contributed by atoms with Crippen molar-refractivity contribution in [2.75, 3.05) is 31.1 Å². The molecule has 0 bridgehead atoms. The van der Waals surface area contributed by atoms with Gasteiger partial charge in [-0.1, -0.05) is 18.2 Å². The fraction of sp³-hybridized carbons (Fsp3) is 0.562. The van der Waals surface area contributed by atoms with E-state index < -0.39 is 11.7 Å². The van der Waals surface area contributed by atoms with Crippen LogP contribution in [0.25, 0.3) is 0 Å². The molecule has 1 saturated heterocycles. The molecule has 1 aromatic carbocycles. The number of anilines is 1. The molecule has 2 atom stereocenters. The molecule has 1 amide bonds. The fourth-order valence-corrected chi connectivity index (χ4v) is 3.09. The van der Waals surface area contributed by atoms with Crippen LogP contribution in [0, 0.1) is 0 Å². The van der Waals surface area contributed by atoms with Crippen molar-refractivity contribution in [3.63, 3.8) is 0 Å². The molecule has 3 rings (SSSR count). The first-order valence-corrected chi connectivity index (χ1v) is 7.48. The van der Waals surface area contributed by atoms with Crippen molar-refractivity contribution in [1.82, 2.24) is 4.90 Å². The van der Waals surface area contributed by atoms with E-state index in [2.05, 4.69) is 11.0 Å². The number of β-amino-alcohol motifs (C(OH)–C–C–N with tert-alkyl or cyclic N) is 1. The molecule has 2 aliphatic heterocycles. The van der Waals surface area contributed by atoms with Crippen LogP contribution in [0.4, 0.5) is 5.69 Å². The summed E-state index contributed by atoms with van der Waals surface area (Å²) in [5, 5.41) is 19.9. The van der Waals surface area contributed by atoms with Crippen LogP contribution < -0.4 is 4.90 Å². The molecule has 0 saturated carbocycles. The quantitative estimate of drug-likeness (QED) is 0.827. The molecule has 0 aromatic heterocycles. The molecule has 1 aromatic rings. The Labute approximate surface area is 124 Å². The van der Waals surface area contributed by atoms with Crippen LogP contribution in [0.2, 0.25) is 0 Å². The third kappa shape index (κ3) is 2.76. The number of para-hydroxylation sites is 1. The number of hydrogen-bond acceptors (Lipinski definition) is 4. The smallest absolute Gasteiger partial charge is 0.242 e. The largest absolute Gasteiger partial charge is 0.388 e. The van der Waals surface area contributed by atoms with Gasteiger partial charge in [-0.15, -0.1) is 0 Å². The first-order chi connectivity index (χ1) is 9.97. The summed E-state index contributed by atoms with van der Waals surface area (Å²) in [6.07, 6.45) is 0.512. The Bertz CT molecular complexity index is 544. The first kappa shape index (κ1) is 14.4. The minimum Gasteiger partial charge on any atom is -0.388 e. The highest BCUT2D eigenvalue weighted by atomic mass is 16.3. The Balaban J connectivity index is 1.63. The molecule has 21 heavy (non-hydrogen) atoms. The van der Waals surface area contributed by atoms with Gasteiger partial charge in [-0.2, -0.15) is 0 Å². The second-order valence-corrected chi connectivity index (χ2v) is 6.26. The number of likely N-dealkylation sites (tertiary alicyclic amines) is 1. The highest BCUT2D eigenvalue weighted by Gasteiger charge is 2.38. The summed E-state index contributed by atoms with van der Waals surface area (Å²) < 4.78 is 0. The molecule has 2 N–H and O–H groups in total. The minimum absolute atomic E-state index is 0.0150. The topological polar surface area (TPSA) is 64.0 Å². The number of piperidine rings is 1. The number of rotatable bonds is 2. The number of aliphatic hydroxyl groups excluding tert-OH is 1. The number of benzene rings is 1. The fourth-order valence-electron chi connectivity index (χ4n) is 3.09. The summed E-state index contributed by atoms with van der Waals surface area (Å²) in [5.74, 6) is 0.0150. The van der Waals surface area contributed by atoms with Gasteiger partial charge in [-0.05, 0) is 31.4 Å². The number of carbonyl (C=O) groups is 1. The van der Waals surface area contributed by atoms with Crippen molar-refractivity contribution in [2.45, 2.75) is 31.5 Å². The van der Waals surface area contributed by atoms with Crippen LogP contribution in [0.15, 0.2) is 24.3 Å². The summed E-state index contributed by atoms with van der Waals surface area (Å²) in [7, 11) is 0. The Kier molecular flexibility index (Phi) is 3.63. The summed E-state index contributed by atoms with van der Waals surface area (Å²) in [4.78, 5) is 16.2. The highest BCUT2D eigenvalue weighted by molar-refractivity contribution is 5.82. The van der Waals surface area contributed by atoms with Crippen LogP contribution in [0.5, 0.6) is 0 Å². The summed E-state index contributed by atoms with van der Waals surface area (Å²) in [6, 6.07) is 8.16. The Hall–Kier alpha value is -1.59. The lowest BCUT2D eigenvalue weighted by molar-refractivity contribution is -0.144. The molecule has 0 radical (unpaired) electrons. The van der Waals surface area contributed by atoms with Gasteiger partial charge in [0.1, 0.15) is 0 Å². The number of amides is 1. The van der Waals surface area contributed by atoms with E-state index in [0.29, 0.717) is 19.5 Å². The maximum Gasteiger partial charge on any atom is 0.242 e. The average molecular weight is 290 g/mol. The predicted octanol–water partition coefficient (Wildman–Crippen LogP) is 0.393. The van der Waals surface area contributed by atoms with Gasteiger partial charge in [0.05, 0.1) is 18.2 Å². The second kappa shape index (κ2) is 5.31. The zero-order chi connectivity index (χ0) is 15.0. The van der Waals surface area contributed by atoms with E-state index in [9.17, 15) is 15.0 Å². The van der Waals surface area contributed by atoms with Crippen molar-refractivity contribution >= 4 is 11.6 Å². The molecule has 5 nitrogen and oxygen atoms in total. The monoisotopic (exact) mass is 290 g/mol.